The molecule has 2 N–H and O–H groups in total. The van der Waals surface area contributed by atoms with Crippen molar-refractivity contribution in [2.24, 2.45) is 5.10 Å². The molecule has 0 aromatic heterocycles. The summed E-state index contributed by atoms with van der Waals surface area (Å²) in [6, 6.07) is 16.3. The first kappa shape index (κ1) is 16.7. The third-order valence-electron chi connectivity index (χ3n) is 3.09. The predicted molar refractivity (Wildman–Crippen MR) is 90.1 cm³/mol. The normalized spacial score (nSPS) is 11.0. The van der Waals surface area contributed by atoms with Crippen LogP contribution >= 0.6 is 11.6 Å². The van der Waals surface area contributed by atoms with Crippen LogP contribution in [-0.2, 0) is 16.1 Å². The van der Waals surface area contributed by atoms with Crippen LogP contribution in [0, 0.1) is 0 Å². The van der Waals surface area contributed by atoms with Gasteiger partial charge in [-0.05, 0) is 30.2 Å². The minimum absolute atomic E-state index is 0.285. The van der Waals surface area contributed by atoms with Crippen LogP contribution in [0.2, 0.25) is 5.02 Å². The first-order valence-corrected chi connectivity index (χ1v) is 7.36. The van der Waals surface area contributed by atoms with E-state index in [-0.39, 0.29) is 6.54 Å². The molecule has 0 atom stereocenters. The second kappa shape index (κ2) is 8.10. The van der Waals surface area contributed by atoms with E-state index >= 15 is 0 Å². The Morgan fingerprint density at radius 3 is 2.30 bits per heavy atom. The largest absolute Gasteiger partial charge is 0.344 e. The lowest BCUT2D eigenvalue weighted by Gasteiger charge is -2.05. The maximum Gasteiger partial charge on any atom is 0.329 e. The average molecular weight is 330 g/mol. The highest BCUT2D eigenvalue weighted by Gasteiger charge is 2.12. The van der Waals surface area contributed by atoms with Crippen LogP contribution in [0.3, 0.4) is 0 Å². The highest BCUT2D eigenvalue weighted by Crippen LogP contribution is 2.10. The summed E-state index contributed by atoms with van der Waals surface area (Å²) in [5, 5.41) is 7.06. The van der Waals surface area contributed by atoms with Crippen molar-refractivity contribution in [2.75, 3.05) is 0 Å². The molecule has 0 fully saturated rings. The van der Waals surface area contributed by atoms with E-state index in [0.717, 1.165) is 11.1 Å². The number of carbonyl (C=O) groups excluding carboxylic acids is 2. The maximum atomic E-state index is 11.7. The Labute approximate surface area is 139 Å². The third-order valence-corrected chi connectivity index (χ3v) is 3.34. The quantitative estimate of drug-likeness (QED) is 0.514. The van der Waals surface area contributed by atoms with E-state index in [9.17, 15) is 9.59 Å². The van der Waals surface area contributed by atoms with E-state index in [4.69, 9.17) is 11.6 Å². The number of amides is 2. The number of halogens is 1. The molecule has 0 aliphatic heterocycles. The lowest BCUT2D eigenvalue weighted by molar-refractivity contribution is -0.139. The third kappa shape index (κ3) is 5.23. The second-order valence-corrected chi connectivity index (χ2v) is 5.25. The van der Waals surface area contributed by atoms with Gasteiger partial charge in [-0.2, -0.15) is 5.10 Å². The van der Waals surface area contributed by atoms with Crippen molar-refractivity contribution in [1.82, 2.24) is 10.7 Å². The van der Waals surface area contributed by atoms with Gasteiger partial charge in [0.2, 0.25) is 0 Å². The maximum absolute atomic E-state index is 11.7. The van der Waals surface area contributed by atoms with E-state index < -0.39 is 11.8 Å². The topological polar surface area (TPSA) is 70.6 Å². The Kier molecular flexibility index (Phi) is 5.88. The standard InChI is InChI=1S/C17H16ClN3O2/c1-12(14-7-9-15(18)10-8-14)20-21-17(23)16(22)19-11-13-5-3-2-4-6-13/h2-10H,11H2,1H3,(H,19,22)(H,21,23)/b20-12+. The van der Waals surface area contributed by atoms with Gasteiger partial charge < -0.3 is 5.32 Å². The lowest BCUT2D eigenvalue weighted by Crippen LogP contribution is -2.37. The molecule has 0 spiro atoms. The predicted octanol–water partition coefficient (Wildman–Crippen LogP) is 2.50. The molecule has 2 aromatic carbocycles. The number of hydrogen-bond acceptors (Lipinski definition) is 3. The first-order chi connectivity index (χ1) is 11.1. The molecule has 0 saturated carbocycles. The van der Waals surface area contributed by atoms with Gasteiger partial charge in [-0.25, -0.2) is 5.43 Å². The molecule has 118 valence electrons. The lowest BCUT2D eigenvalue weighted by atomic mass is 10.1. The number of nitrogens with one attached hydrogen (secondary N) is 2. The first-order valence-electron chi connectivity index (χ1n) is 6.98. The smallest absolute Gasteiger partial charge is 0.329 e. The van der Waals surface area contributed by atoms with Gasteiger partial charge in [-0.1, -0.05) is 54.1 Å². The molecule has 0 radical (unpaired) electrons. The highest BCUT2D eigenvalue weighted by atomic mass is 35.5. The van der Waals surface area contributed by atoms with Crippen LogP contribution in [0.4, 0.5) is 0 Å². The number of hydrogen-bond donors (Lipinski definition) is 2. The molecule has 0 unspecified atom stereocenters. The Morgan fingerprint density at radius 2 is 1.65 bits per heavy atom. The van der Waals surface area contributed by atoms with E-state index in [2.05, 4.69) is 15.8 Å². The summed E-state index contributed by atoms with van der Waals surface area (Å²) in [6.45, 7) is 2.01. The molecule has 0 bridgehead atoms. The minimum Gasteiger partial charge on any atom is -0.344 e. The molecule has 2 aromatic rings. The van der Waals surface area contributed by atoms with Crippen LogP contribution in [0.1, 0.15) is 18.1 Å². The van der Waals surface area contributed by atoms with E-state index in [1.54, 1.807) is 31.2 Å². The zero-order valence-electron chi connectivity index (χ0n) is 12.5. The highest BCUT2D eigenvalue weighted by molar-refractivity contribution is 6.35. The summed E-state index contributed by atoms with van der Waals surface area (Å²) in [6.07, 6.45) is 0. The number of nitrogens with zero attached hydrogens (tertiary/aromatic N) is 1. The summed E-state index contributed by atoms with van der Waals surface area (Å²) in [4.78, 5) is 23.4. The number of rotatable bonds is 4. The zero-order chi connectivity index (χ0) is 16.7. The van der Waals surface area contributed by atoms with E-state index in [1.807, 2.05) is 30.3 Å². The Morgan fingerprint density at radius 1 is 1.00 bits per heavy atom. The molecule has 2 rings (SSSR count). The van der Waals surface area contributed by atoms with Gasteiger partial charge in [0.25, 0.3) is 0 Å². The fourth-order valence-electron chi connectivity index (χ4n) is 1.80. The zero-order valence-corrected chi connectivity index (χ0v) is 13.3. The van der Waals surface area contributed by atoms with Gasteiger partial charge in [-0.15, -0.1) is 0 Å². The average Bonchev–Trinajstić information content (AvgIpc) is 2.58. The Hall–Kier alpha value is -2.66. The summed E-state index contributed by atoms with van der Waals surface area (Å²) in [7, 11) is 0. The fourth-order valence-corrected chi connectivity index (χ4v) is 1.93. The fraction of sp³-hybridized carbons (Fsp3) is 0.118. The molecule has 0 aliphatic carbocycles. The van der Waals surface area contributed by atoms with Crippen molar-refractivity contribution in [3.63, 3.8) is 0 Å². The number of benzene rings is 2. The Bertz CT molecular complexity index is 712. The van der Waals surface area contributed by atoms with Crippen molar-refractivity contribution >= 4 is 29.1 Å². The molecule has 6 heteroatoms. The van der Waals surface area contributed by atoms with Gasteiger partial charge >= 0.3 is 11.8 Å². The van der Waals surface area contributed by atoms with Crippen LogP contribution in [-0.4, -0.2) is 17.5 Å². The molecule has 5 nitrogen and oxygen atoms in total. The summed E-state index contributed by atoms with van der Waals surface area (Å²) < 4.78 is 0. The van der Waals surface area contributed by atoms with Crippen LogP contribution in [0.25, 0.3) is 0 Å². The van der Waals surface area contributed by atoms with Crippen LogP contribution < -0.4 is 10.7 Å². The molecule has 23 heavy (non-hydrogen) atoms. The van der Waals surface area contributed by atoms with Crippen LogP contribution in [0.5, 0.6) is 0 Å². The van der Waals surface area contributed by atoms with Crippen molar-refractivity contribution < 1.29 is 9.59 Å². The number of hydrazone groups is 1. The summed E-state index contributed by atoms with van der Waals surface area (Å²) in [5.41, 5.74) is 4.53. The van der Waals surface area contributed by atoms with E-state index in [0.29, 0.717) is 10.7 Å². The van der Waals surface area contributed by atoms with Gasteiger partial charge in [0.15, 0.2) is 0 Å². The summed E-state index contributed by atoms with van der Waals surface area (Å²) >= 11 is 5.81. The molecule has 0 aliphatic rings. The minimum atomic E-state index is -0.811. The molecule has 2 amide bonds. The monoisotopic (exact) mass is 329 g/mol. The van der Waals surface area contributed by atoms with Gasteiger partial charge in [0.1, 0.15) is 0 Å². The van der Waals surface area contributed by atoms with Crippen molar-refractivity contribution in [3.05, 3.63) is 70.7 Å². The van der Waals surface area contributed by atoms with Crippen molar-refractivity contribution in [2.45, 2.75) is 13.5 Å². The molecule has 0 heterocycles. The SMILES string of the molecule is C/C(=N\NC(=O)C(=O)NCc1ccccc1)c1ccc(Cl)cc1. The van der Waals surface area contributed by atoms with Gasteiger partial charge in [0, 0.05) is 11.6 Å². The molecular formula is C17H16ClN3O2. The molecular weight excluding hydrogens is 314 g/mol. The summed E-state index contributed by atoms with van der Waals surface area (Å²) in [5.74, 6) is -1.55. The van der Waals surface area contributed by atoms with Gasteiger partial charge in [0.05, 0.1) is 5.71 Å². The second-order valence-electron chi connectivity index (χ2n) is 4.81. The molecule has 0 saturated heterocycles. The van der Waals surface area contributed by atoms with E-state index in [1.165, 1.54) is 0 Å². The number of carbonyl (C=O) groups is 2. The Balaban J connectivity index is 1.87. The van der Waals surface area contributed by atoms with Crippen LogP contribution in [0.15, 0.2) is 59.7 Å². The van der Waals surface area contributed by atoms with Gasteiger partial charge in [-0.3, -0.25) is 9.59 Å². The van der Waals surface area contributed by atoms with Crippen molar-refractivity contribution in [3.8, 4) is 0 Å². The van der Waals surface area contributed by atoms with Crippen molar-refractivity contribution in [1.29, 1.82) is 0 Å².